The molecule has 4 heterocycles. The van der Waals surface area contributed by atoms with Gasteiger partial charge in [-0.3, -0.25) is 0 Å². The molecular weight excluding hydrogens is 352 g/mol. The van der Waals surface area contributed by atoms with Crippen LogP contribution < -0.4 is 10.6 Å². The van der Waals surface area contributed by atoms with Crippen LogP contribution in [0.4, 0.5) is 4.79 Å². The molecule has 0 bridgehead atoms. The van der Waals surface area contributed by atoms with E-state index >= 15 is 0 Å². The molecule has 0 atom stereocenters. The molecule has 0 radical (unpaired) electrons. The van der Waals surface area contributed by atoms with Crippen LogP contribution in [0.2, 0.25) is 0 Å². The Morgan fingerprint density at radius 1 is 1.04 bits per heavy atom. The fourth-order valence-electron chi connectivity index (χ4n) is 5.66. The van der Waals surface area contributed by atoms with Crippen LogP contribution >= 0.6 is 0 Å². The Morgan fingerprint density at radius 3 is 2.39 bits per heavy atom. The summed E-state index contributed by atoms with van der Waals surface area (Å²) in [4.78, 5) is 14.9. The molecule has 7 heteroatoms. The van der Waals surface area contributed by atoms with Crippen LogP contribution in [0.3, 0.4) is 0 Å². The van der Waals surface area contributed by atoms with Crippen LogP contribution in [0.25, 0.3) is 0 Å². The second-order valence-electron chi connectivity index (χ2n) is 10.3. The smallest absolute Gasteiger partial charge is 0.317 e. The van der Waals surface area contributed by atoms with Crippen molar-refractivity contribution in [3.05, 3.63) is 11.6 Å². The van der Waals surface area contributed by atoms with Gasteiger partial charge in [-0.15, -0.1) is 10.2 Å². The number of piperidine rings is 2. The van der Waals surface area contributed by atoms with Crippen molar-refractivity contribution in [3.8, 4) is 0 Å². The second kappa shape index (κ2) is 7.32. The van der Waals surface area contributed by atoms with E-state index < -0.39 is 0 Å². The number of amides is 2. The maximum atomic E-state index is 12.9. The molecule has 7 nitrogen and oxygen atoms in total. The van der Waals surface area contributed by atoms with Crippen molar-refractivity contribution >= 4 is 6.03 Å². The molecule has 3 aliphatic heterocycles. The van der Waals surface area contributed by atoms with Crippen LogP contribution in [0.5, 0.6) is 0 Å². The van der Waals surface area contributed by atoms with Crippen molar-refractivity contribution in [1.82, 2.24) is 30.3 Å². The molecule has 1 aromatic rings. The number of nitrogens with zero attached hydrogens (tertiary/aromatic N) is 4. The predicted octanol–water partition coefficient (Wildman–Crippen LogP) is 2.81. The van der Waals surface area contributed by atoms with Crippen molar-refractivity contribution in [2.24, 2.45) is 0 Å². The van der Waals surface area contributed by atoms with Crippen LogP contribution in [0.1, 0.15) is 83.8 Å². The van der Waals surface area contributed by atoms with Crippen molar-refractivity contribution in [2.75, 3.05) is 13.1 Å². The number of aromatic nitrogens is 3. The number of rotatable bonds is 2. The first-order chi connectivity index (χ1) is 13.2. The Morgan fingerprint density at radius 2 is 1.71 bits per heavy atom. The fraction of sp³-hybridized carbons (Fsp3) is 0.857. The lowest BCUT2D eigenvalue weighted by Crippen LogP contribution is -2.63. The van der Waals surface area contributed by atoms with E-state index in [0.717, 1.165) is 63.4 Å². The Hall–Kier alpha value is -1.63. The van der Waals surface area contributed by atoms with Gasteiger partial charge in [0.05, 0.1) is 0 Å². The van der Waals surface area contributed by atoms with E-state index in [-0.39, 0.29) is 23.2 Å². The third kappa shape index (κ3) is 4.19. The van der Waals surface area contributed by atoms with Gasteiger partial charge in [-0.2, -0.15) is 0 Å². The van der Waals surface area contributed by atoms with Gasteiger partial charge in [0.1, 0.15) is 11.6 Å². The SMILES string of the molecule is CC1(C)CC(NC(=O)N2CCC(c3nnc4n3CCCC4)CC2)CC(C)(C)N1. The van der Waals surface area contributed by atoms with E-state index in [4.69, 9.17) is 0 Å². The number of urea groups is 1. The minimum absolute atomic E-state index is 0.0411. The molecule has 3 aliphatic rings. The molecule has 2 saturated heterocycles. The molecule has 1 aromatic heterocycles. The van der Waals surface area contributed by atoms with Gasteiger partial charge in [-0.05, 0) is 66.2 Å². The van der Waals surface area contributed by atoms with E-state index in [9.17, 15) is 4.79 Å². The number of carbonyl (C=O) groups is 1. The number of hydrogen-bond acceptors (Lipinski definition) is 4. The molecule has 4 rings (SSSR count). The average molecular weight is 389 g/mol. The highest BCUT2D eigenvalue weighted by atomic mass is 16.2. The van der Waals surface area contributed by atoms with Crippen LogP contribution in [-0.4, -0.2) is 55.9 Å². The number of fused-ring (bicyclic) bond motifs is 1. The van der Waals surface area contributed by atoms with Gasteiger partial charge in [-0.25, -0.2) is 4.79 Å². The standard InChI is InChI=1S/C21H36N6O/c1-20(2)13-16(14-21(3,4)25-20)22-19(28)26-11-8-15(9-12-26)18-24-23-17-7-5-6-10-27(17)18/h15-16,25H,5-14H2,1-4H3,(H,22,28). The highest BCUT2D eigenvalue weighted by molar-refractivity contribution is 5.74. The van der Waals surface area contributed by atoms with Gasteiger partial charge in [-0.1, -0.05) is 0 Å². The summed E-state index contributed by atoms with van der Waals surface area (Å²) in [5, 5.41) is 15.9. The lowest BCUT2D eigenvalue weighted by Gasteiger charge is -2.47. The number of nitrogens with one attached hydrogen (secondary N) is 2. The summed E-state index contributed by atoms with van der Waals surface area (Å²) in [5.41, 5.74) is 0.0823. The molecule has 2 N–H and O–H groups in total. The van der Waals surface area contributed by atoms with Gasteiger partial charge in [0.15, 0.2) is 0 Å². The zero-order valence-corrected chi connectivity index (χ0v) is 17.9. The molecule has 0 aliphatic carbocycles. The van der Waals surface area contributed by atoms with Gasteiger partial charge in [0.25, 0.3) is 0 Å². The van der Waals surface area contributed by atoms with E-state index in [2.05, 4.69) is 53.1 Å². The van der Waals surface area contributed by atoms with Crippen molar-refractivity contribution in [2.45, 2.75) is 102 Å². The predicted molar refractivity (Wildman–Crippen MR) is 109 cm³/mol. The topological polar surface area (TPSA) is 75.1 Å². The Labute approximate surface area is 168 Å². The summed E-state index contributed by atoms with van der Waals surface area (Å²) in [6.45, 7) is 11.5. The molecule has 2 fully saturated rings. The first-order valence-corrected chi connectivity index (χ1v) is 11.0. The van der Waals surface area contributed by atoms with Gasteiger partial charge < -0.3 is 20.1 Å². The first-order valence-electron chi connectivity index (χ1n) is 11.0. The minimum Gasteiger partial charge on any atom is -0.335 e. The van der Waals surface area contributed by atoms with Crippen LogP contribution in [0.15, 0.2) is 0 Å². The van der Waals surface area contributed by atoms with Gasteiger partial charge in [0.2, 0.25) is 0 Å². The monoisotopic (exact) mass is 388 g/mol. The molecule has 156 valence electrons. The van der Waals surface area contributed by atoms with E-state index in [1.165, 1.54) is 12.8 Å². The van der Waals surface area contributed by atoms with E-state index in [1.807, 2.05) is 4.90 Å². The highest BCUT2D eigenvalue weighted by Crippen LogP contribution is 2.31. The van der Waals surface area contributed by atoms with Crippen LogP contribution in [0, 0.1) is 0 Å². The molecule has 0 aromatic carbocycles. The van der Waals surface area contributed by atoms with Gasteiger partial charge >= 0.3 is 6.03 Å². The van der Waals surface area contributed by atoms with Gasteiger partial charge in [0, 0.05) is 49.1 Å². The summed E-state index contributed by atoms with van der Waals surface area (Å²) < 4.78 is 2.34. The maximum Gasteiger partial charge on any atom is 0.317 e. The number of hydrogen-bond donors (Lipinski definition) is 2. The number of likely N-dealkylation sites (tertiary alicyclic amines) is 1. The number of aryl methyl sites for hydroxylation is 1. The second-order valence-corrected chi connectivity index (χ2v) is 10.3. The Kier molecular flexibility index (Phi) is 5.14. The molecule has 0 spiro atoms. The zero-order valence-electron chi connectivity index (χ0n) is 17.9. The third-order valence-electron chi connectivity index (χ3n) is 6.55. The van der Waals surface area contributed by atoms with Crippen molar-refractivity contribution < 1.29 is 4.79 Å². The van der Waals surface area contributed by atoms with E-state index in [0.29, 0.717) is 5.92 Å². The Bertz CT molecular complexity index is 700. The Balaban J connectivity index is 1.32. The van der Waals surface area contributed by atoms with Crippen molar-refractivity contribution in [1.29, 1.82) is 0 Å². The first kappa shape index (κ1) is 19.7. The molecule has 28 heavy (non-hydrogen) atoms. The lowest BCUT2D eigenvalue weighted by atomic mass is 9.79. The normalized spacial score (nSPS) is 25.4. The number of carbonyl (C=O) groups excluding carboxylic acids is 1. The highest BCUT2D eigenvalue weighted by Gasteiger charge is 2.39. The van der Waals surface area contributed by atoms with E-state index in [1.54, 1.807) is 0 Å². The molecular formula is C21H36N6O. The molecule has 0 unspecified atom stereocenters. The molecule has 0 saturated carbocycles. The summed E-state index contributed by atoms with van der Waals surface area (Å²) in [5.74, 6) is 2.73. The quantitative estimate of drug-likeness (QED) is 0.817. The summed E-state index contributed by atoms with van der Waals surface area (Å²) in [6.07, 6.45) is 7.39. The lowest BCUT2D eigenvalue weighted by molar-refractivity contribution is 0.134. The summed E-state index contributed by atoms with van der Waals surface area (Å²) in [7, 11) is 0. The molecule has 2 amide bonds. The third-order valence-corrected chi connectivity index (χ3v) is 6.55. The summed E-state index contributed by atoms with van der Waals surface area (Å²) >= 11 is 0. The maximum absolute atomic E-state index is 12.9. The fourth-order valence-corrected chi connectivity index (χ4v) is 5.66. The minimum atomic E-state index is 0.0411. The van der Waals surface area contributed by atoms with Crippen molar-refractivity contribution in [3.63, 3.8) is 0 Å². The largest absolute Gasteiger partial charge is 0.335 e. The van der Waals surface area contributed by atoms with Crippen LogP contribution in [-0.2, 0) is 13.0 Å². The summed E-state index contributed by atoms with van der Waals surface area (Å²) in [6, 6.07) is 0.320. The average Bonchev–Trinajstić information content (AvgIpc) is 3.03. The zero-order chi connectivity index (χ0) is 19.9.